The molecular formula is C56H37NS. The minimum Gasteiger partial charge on any atom is -0.310 e. The third-order valence-electron chi connectivity index (χ3n) is 12.8. The topological polar surface area (TPSA) is 3.24 Å². The monoisotopic (exact) mass is 755 g/mol. The van der Waals surface area contributed by atoms with Gasteiger partial charge in [0.05, 0.1) is 10.8 Å². The van der Waals surface area contributed by atoms with E-state index in [9.17, 15) is 0 Å². The second-order valence-electron chi connectivity index (χ2n) is 15.6. The van der Waals surface area contributed by atoms with Crippen LogP contribution in [0, 0.1) is 0 Å². The van der Waals surface area contributed by atoms with Crippen LogP contribution >= 0.6 is 11.3 Å². The Morgan fingerprint density at radius 2 is 0.828 bits per heavy atom. The van der Waals surface area contributed by atoms with Crippen LogP contribution in [0.1, 0.15) is 44.5 Å². The maximum atomic E-state index is 2.46. The van der Waals surface area contributed by atoms with E-state index in [4.69, 9.17) is 0 Å². The molecule has 2 aliphatic rings. The van der Waals surface area contributed by atoms with Gasteiger partial charge in [-0.1, -0.05) is 176 Å². The number of fused-ring (bicyclic) bond motifs is 8. The molecule has 0 bridgehead atoms. The number of hydrogen-bond acceptors (Lipinski definition) is 2. The molecule has 0 amide bonds. The molecule has 272 valence electrons. The van der Waals surface area contributed by atoms with Crippen molar-refractivity contribution >= 4 is 48.6 Å². The van der Waals surface area contributed by atoms with Crippen molar-refractivity contribution in [2.75, 3.05) is 4.90 Å². The third-order valence-corrected chi connectivity index (χ3v) is 13.9. The highest BCUT2D eigenvalue weighted by Gasteiger charge is 2.57. The second kappa shape index (κ2) is 12.8. The molecule has 2 atom stereocenters. The average Bonchev–Trinajstić information content (AvgIpc) is 3.82. The second-order valence-corrected chi connectivity index (χ2v) is 16.6. The standard InChI is InChI=1S/C56H37NS/c1-4-18-38(19-5-1)55(40-22-16-25-42(36-40)57(41-23-8-3-9-24-41)43-34-35-53-47(37-43)45-27-11-15-33-52(45)58-53)49-30-13-14-31-50(49)56(39-20-6-2-7-21-39)48-29-12-10-26-44(48)46-28-17-32-51(55)54(46)56/h1-37H. The average molecular weight is 756 g/mol. The summed E-state index contributed by atoms with van der Waals surface area (Å²) >= 11 is 1.86. The predicted octanol–water partition coefficient (Wildman–Crippen LogP) is 14.6. The van der Waals surface area contributed by atoms with Crippen molar-refractivity contribution in [2.45, 2.75) is 10.8 Å². The number of para-hydroxylation sites is 1. The summed E-state index contributed by atoms with van der Waals surface area (Å²) in [7, 11) is 0. The van der Waals surface area contributed by atoms with E-state index in [2.05, 4.69) is 229 Å². The Bertz CT molecular complexity index is 3180. The third kappa shape index (κ3) is 4.47. The van der Waals surface area contributed by atoms with Gasteiger partial charge in [-0.2, -0.15) is 0 Å². The maximum absolute atomic E-state index is 2.46. The molecule has 1 heterocycles. The van der Waals surface area contributed by atoms with Crippen LogP contribution in [-0.4, -0.2) is 0 Å². The number of nitrogens with zero attached hydrogens (tertiary/aromatic N) is 1. The normalized spacial score (nSPS) is 17.4. The summed E-state index contributed by atoms with van der Waals surface area (Å²) in [4.78, 5) is 2.43. The first-order valence-electron chi connectivity index (χ1n) is 20.1. The number of thiophene rings is 1. The van der Waals surface area contributed by atoms with Gasteiger partial charge in [-0.05, 0) is 104 Å². The van der Waals surface area contributed by atoms with Gasteiger partial charge in [0.15, 0.2) is 0 Å². The lowest BCUT2D eigenvalue weighted by atomic mass is 9.51. The van der Waals surface area contributed by atoms with Crippen LogP contribution in [0.25, 0.3) is 31.3 Å². The lowest BCUT2D eigenvalue weighted by Gasteiger charge is -2.49. The molecule has 10 aromatic rings. The number of hydrogen-bond donors (Lipinski definition) is 0. The summed E-state index contributed by atoms with van der Waals surface area (Å²) in [5.41, 5.74) is 15.3. The summed E-state index contributed by atoms with van der Waals surface area (Å²) in [5.74, 6) is 0. The molecule has 1 nitrogen and oxygen atoms in total. The van der Waals surface area contributed by atoms with Crippen LogP contribution in [0.4, 0.5) is 17.1 Å². The highest BCUT2D eigenvalue weighted by Crippen LogP contribution is 2.65. The summed E-state index contributed by atoms with van der Waals surface area (Å²) in [6.07, 6.45) is 0. The number of benzene rings is 9. The minimum absolute atomic E-state index is 0.481. The lowest BCUT2D eigenvalue weighted by Crippen LogP contribution is -2.44. The molecule has 0 N–H and O–H groups in total. The zero-order chi connectivity index (χ0) is 38.3. The first-order chi connectivity index (χ1) is 28.8. The van der Waals surface area contributed by atoms with Gasteiger partial charge in [-0.3, -0.25) is 0 Å². The molecule has 0 saturated heterocycles. The van der Waals surface area contributed by atoms with Crippen molar-refractivity contribution in [2.24, 2.45) is 0 Å². The van der Waals surface area contributed by atoms with Crippen LogP contribution in [-0.2, 0) is 10.8 Å². The highest BCUT2D eigenvalue weighted by atomic mass is 32.1. The maximum Gasteiger partial charge on any atom is 0.0720 e. The first kappa shape index (κ1) is 33.2. The van der Waals surface area contributed by atoms with Gasteiger partial charge in [0.1, 0.15) is 0 Å². The van der Waals surface area contributed by atoms with E-state index >= 15 is 0 Å². The summed E-state index contributed by atoms with van der Waals surface area (Å²) in [6.45, 7) is 0. The highest BCUT2D eigenvalue weighted by molar-refractivity contribution is 7.25. The van der Waals surface area contributed by atoms with Crippen LogP contribution in [0.5, 0.6) is 0 Å². The van der Waals surface area contributed by atoms with Crippen molar-refractivity contribution in [3.63, 3.8) is 0 Å². The Hall–Kier alpha value is -7.00. The fraction of sp³-hybridized carbons (Fsp3) is 0.0357. The Morgan fingerprint density at radius 1 is 0.310 bits per heavy atom. The molecule has 2 aliphatic carbocycles. The molecule has 9 aromatic carbocycles. The van der Waals surface area contributed by atoms with E-state index < -0.39 is 10.8 Å². The molecule has 58 heavy (non-hydrogen) atoms. The van der Waals surface area contributed by atoms with Crippen LogP contribution < -0.4 is 4.90 Å². The van der Waals surface area contributed by atoms with E-state index in [1.54, 1.807) is 0 Å². The molecular weight excluding hydrogens is 719 g/mol. The van der Waals surface area contributed by atoms with Crippen molar-refractivity contribution in [1.82, 2.24) is 0 Å². The van der Waals surface area contributed by atoms with Crippen LogP contribution in [0.3, 0.4) is 0 Å². The predicted molar refractivity (Wildman–Crippen MR) is 243 cm³/mol. The van der Waals surface area contributed by atoms with E-state index in [-0.39, 0.29) is 0 Å². The number of rotatable bonds is 6. The van der Waals surface area contributed by atoms with Crippen LogP contribution in [0.15, 0.2) is 224 Å². The first-order valence-corrected chi connectivity index (χ1v) is 20.9. The fourth-order valence-electron chi connectivity index (χ4n) is 10.6. The fourth-order valence-corrected chi connectivity index (χ4v) is 11.7. The van der Waals surface area contributed by atoms with Crippen molar-refractivity contribution in [3.8, 4) is 11.1 Å². The van der Waals surface area contributed by atoms with Gasteiger partial charge in [0.2, 0.25) is 0 Å². The molecule has 0 saturated carbocycles. The van der Waals surface area contributed by atoms with Crippen LogP contribution in [0.2, 0.25) is 0 Å². The SMILES string of the molecule is c1ccc(N(c2cccc(C3(c4ccccc4)c4ccccc4C4(c5ccccc5)c5ccccc5-c5cccc3c54)c2)c2ccc3sc4ccccc4c3c2)cc1. The zero-order valence-electron chi connectivity index (χ0n) is 31.7. The molecule has 1 aromatic heterocycles. The zero-order valence-corrected chi connectivity index (χ0v) is 32.5. The van der Waals surface area contributed by atoms with E-state index in [0.717, 1.165) is 17.1 Å². The Kier molecular flexibility index (Phi) is 7.30. The summed E-state index contributed by atoms with van der Waals surface area (Å²) in [6, 6.07) is 83.8. The molecule has 2 heteroatoms. The van der Waals surface area contributed by atoms with E-state index in [0.29, 0.717) is 0 Å². The molecule has 0 spiro atoms. The molecule has 2 unspecified atom stereocenters. The van der Waals surface area contributed by atoms with Gasteiger partial charge >= 0.3 is 0 Å². The van der Waals surface area contributed by atoms with E-state index in [1.165, 1.54) is 75.8 Å². The van der Waals surface area contributed by atoms with Crippen molar-refractivity contribution < 1.29 is 0 Å². The largest absolute Gasteiger partial charge is 0.310 e. The summed E-state index contributed by atoms with van der Waals surface area (Å²) < 4.78 is 2.61. The molecule has 0 aliphatic heterocycles. The van der Waals surface area contributed by atoms with Gasteiger partial charge in [0.25, 0.3) is 0 Å². The lowest BCUT2D eigenvalue weighted by molar-refractivity contribution is 0.627. The Morgan fingerprint density at radius 3 is 1.60 bits per heavy atom. The van der Waals surface area contributed by atoms with Gasteiger partial charge < -0.3 is 4.90 Å². The summed E-state index contributed by atoms with van der Waals surface area (Å²) in [5, 5.41) is 2.59. The van der Waals surface area contributed by atoms with Gasteiger partial charge in [-0.25, -0.2) is 0 Å². The quantitative estimate of drug-likeness (QED) is 0.163. The molecule has 0 fully saturated rings. The smallest absolute Gasteiger partial charge is 0.0720 e. The molecule has 12 rings (SSSR count). The van der Waals surface area contributed by atoms with Crippen molar-refractivity contribution in [1.29, 1.82) is 0 Å². The van der Waals surface area contributed by atoms with Crippen molar-refractivity contribution in [3.05, 3.63) is 269 Å². The Labute approximate surface area is 342 Å². The Balaban J connectivity index is 1.17. The van der Waals surface area contributed by atoms with Gasteiger partial charge in [-0.15, -0.1) is 11.3 Å². The van der Waals surface area contributed by atoms with Gasteiger partial charge in [0, 0.05) is 37.2 Å². The minimum atomic E-state index is -0.630. The number of anilines is 3. The van der Waals surface area contributed by atoms with E-state index in [1.807, 2.05) is 11.3 Å². The molecule has 0 radical (unpaired) electrons.